The number of alkyl halides is 3. The van der Waals surface area contributed by atoms with E-state index in [0.717, 1.165) is 0 Å². The van der Waals surface area contributed by atoms with Crippen molar-refractivity contribution in [2.24, 2.45) is 0 Å². The van der Waals surface area contributed by atoms with Gasteiger partial charge in [-0.2, -0.15) is 0 Å². The lowest BCUT2D eigenvalue weighted by molar-refractivity contribution is -0.0371. The molecule has 0 saturated carbocycles. The van der Waals surface area contributed by atoms with Gasteiger partial charge in [-0.25, -0.2) is 87.8 Å². The van der Waals surface area contributed by atoms with Gasteiger partial charge in [0.1, 0.15) is 0 Å². The molecule has 66 heavy (non-hydrogen) atoms. The molecular weight excluding hydrogens is 972 g/mol. The lowest BCUT2D eigenvalue weighted by Gasteiger charge is -2.41. The zero-order chi connectivity index (χ0) is 49.5. The first kappa shape index (κ1) is 51.1. The molecule has 0 aromatic heterocycles. The van der Waals surface area contributed by atoms with E-state index in [9.17, 15) is 101 Å². The van der Waals surface area contributed by atoms with Crippen LogP contribution in [0.4, 0.5) is 101 Å². The Labute approximate surface area is 357 Å². The largest absolute Gasteiger partial charge is 0.586 e. The van der Waals surface area contributed by atoms with Gasteiger partial charge in [0, 0.05) is 6.15 Å². The normalized spacial score (nSPS) is 11.9. The van der Waals surface area contributed by atoms with E-state index >= 15 is 0 Å². The van der Waals surface area contributed by atoms with Gasteiger partial charge >= 0.3 is 5.51 Å². The molecule has 0 aliphatic carbocycles. The summed E-state index contributed by atoms with van der Waals surface area (Å²) < 4.78 is 327. The van der Waals surface area contributed by atoms with E-state index in [-0.39, 0.29) is 0 Å². The molecule has 0 radical (unpaired) electrons. The predicted molar refractivity (Wildman–Crippen MR) is 188 cm³/mol. The first-order chi connectivity index (χ1) is 30.7. The zero-order valence-electron chi connectivity index (χ0n) is 31.8. The van der Waals surface area contributed by atoms with Gasteiger partial charge in [-0.1, -0.05) is 36.4 Å². The van der Waals surface area contributed by atoms with Crippen LogP contribution in [0.15, 0.2) is 70.5 Å². The highest BCUT2D eigenvalue weighted by atomic mass is 32.2. The van der Waals surface area contributed by atoms with Crippen LogP contribution in [0.3, 0.4) is 0 Å². The second kappa shape index (κ2) is 19.5. The van der Waals surface area contributed by atoms with Crippen molar-refractivity contribution < 1.29 is 101 Å². The van der Waals surface area contributed by atoms with E-state index in [1.807, 2.05) is 0 Å². The fourth-order valence-electron chi connectivity index (χ4n) is 7.00. The molecule has 6 aromatic carbocycles. The molecule has 352 valence electrons. The molecule has 0 nitrogen and oxygen atoms in total. The van der Waals surface area contributed by atoms with Crippen LogP contribution in [0, 0.1) is 116 Å². The summed E-state index contributed by atoms with van der Waals surface area (Å²) in [5.74, 6) is -57.8. The molecule has 6 rings (SSSR count). The number of hydrogen-bond acceptors (Lipinski definition) is 0. The average molecular weight is 990 g/mol. The Balaban J connectivity index is 0.000000400. The van der Waals surface area contributed by atoms with Crippen molar-refractivity contribution in [1.82, 2.24) is 0 Å². The second-order valence-electron chi connectivity index (χ2n) is 14.1. The van der Waals surface area contributed by atoms with E-state index in [4.69, 9.17) is 0 Å². The van der Waals surface area contributed by atoms with Crippen LogP contribution >= 0.6 is 0 Å². The molecule has 0 atom stereocenters. The molecule has 6 aromatic rings. The van der Waals surface area contributed by atoms with Crippen molar-refractivity contribution in [2.45, 2.75) is 40.6 Å². The van der Waals surface area contributed by atoms with E-state index in [1.54, 1.807) is 36.4 Å². The lowest BCUT2D eigenvalue weighted by Crippen LogP contribution is -2.49. The van der Waals surface area contributed by atoms with Crippen LogP contribution < -0.4 is 0 Å². The maximum absolute atomic E-state index is 14.9. The monoisotopic (exact) mass is 990 g/mol. The van der Waals surface area contributed by atoms with Crippen LogP contribution in [0.25, 0.3) is 0 Å². The molecule has 0 aliphatic heterocycles. The van der Waals surface area contributed by atoms with E-state index in [2.05, 4.69) is 0 Å². The summed E-state index contributed by atoms with van der Waals surface area (Å²) in [5.41, 5.74) is -13.2. The topological polar surface area (TPSA) is 0 Å². The van der Waals surface area contributed by atoms with Gasteiger partial charge in [0.25, 0.3) is 0 Å². The number of rotatable bonds is 10. The SMILES string of the molecule is FC(F)(F)[S+](c1ccccc1)c1ccccc1.Fc1c(F)c(F)c(C[B-](Cc2c(F)c(F)c(F)c(F)c2F)(Cc2c(F)c(F)c(F)c(F)c2F)Cc2c(F)c(F)c(F)c(F)c2F)c(F)c1F. The Morgan fingerprint density at radius 1 is 0.273 bits per heavy atom. The molecule has 0 saturated heterocycles. The fraction of sp³-hybridized carbons (Fsp3) is 0.122. The summed E-state index contributed by atoms with van der Waals surface area (Å²) in [6.07, 6.45) is -13.9. The smallest absolute Gasteiger partial charge is 0.203 e. The highest BCUT2D eigenvalue weighted by Crippen LogP contribution is 2.40. The third-order valence-corrected chi connectivity index (χ3v) is 11.9. The number of hydrogen-bond donors (Lipinski definition) is 0. The van der Waals surface area contributed by atoms with Crippen molar-refractivity contribution in [1.29, 1.82) is 0 Å². The molecule has 25 heteroatoms. The third kappa shape index (κ3) is 9.66. The van der Waals surface area contributed by atoms with Crippen LogP contribution in [-0.2, 0) is 36.2 Å². The summed E-state index contributed by atoms with van der Waals surface area (Å²) >= 11 is 0. The number of halogens is 23. The molecule has 0 unspecified atom stereocenters. The Kier molecular flexibility index (Phi) is 15.1. The van der Waals surface area contributed by atoms with Crippen LogP contribution in [-0.4, -0.2) is 11.7 Å². The molecule has 0 heterocycles. The summed E-state index contributed by atoms with van der Waals surface area (Å²) in [6, 6.07) is 16.0. The fourth-order valence-corrected chi connectivity index (χ4v) is 8.67. The Morgan fingerprint density at radius 2 is 0.439 bits per heavy atom. The molecule has 0 N–H and O–H groups in total. The Hall–Kier alpha value is -5.88. The van der Waals surface area contributed by atoms with Gasteiger partial charge in [-0.05, 0) is 46.5 Å². The van der Waals surface area contributed by atoms with Gasteiger partial charge in [0.15, 0.2) is 114 Å². The maximum Gasteiger partial charge on any atom is 0.586 e. The minimum absolute atomic E-state index is 0.297. The molecule has 0 bridgehead atoms. The van der Waals surface area contributed by atoms with Gasteiger partial charge in [-0.15, -0.1) is 38.5 Å². The van der Waals surface area contributed by atoms with Gasteiger partial charge in [-0.3, -0.25) is 0 Å². The number of benzene rings is 6. The van der Waals surface area contributed by atoms with E-state index in [0.29, 0.717) is 9.79 Å². The standard InChI is InChI=1S/C28H8BF20.C13H10F3S/c30-9-5(10(31)18(39)25(46)17(9)38)1-29(2-6-11(32)19(40)26(47)20(41)12(6)33,3-7-13(34)21(42)27(48)22(43)14(7)35)4-8-15(36)23(44)28(49)24(45)16(8)37;14-13(15,16)17(11-7-3-1-4-8-11)12-9-5-2-6-10-12/h1-4H2;1-10H/q-1;+1. The highest BCUT2D eigenvalue weighted by Gasteiger charge is 2.54. The lowest BCUT2D eigenvalue weighted by atomic mass is 9.16. The van der Waals surface area contributed by atoms with Crippen molar-refractivity contribution >= 4 is 17.0 Å². The van der Waals surface area contributed by atoms with Gasteiger partial charge in [0.2, 0.25) is 23.3 Å². The van der Waals surface area contributed by atoms with Crippen molar-refractivity contribution in [3.8, 4) is 0 Å². The summed E-state index contributed by atoms with van der Waals surface area (Å²) in [4.78, 5) is 0.595. The Bertz CT molecular complexity index is 2370. The quantitative estimate of drug-likeness (QED) is 0.0422. The molecular formula is C41H18BF23S. The van der Waals surface area contributed by atoms with Gasteiger partial charge < -0.3 is 0 Å². The first-order valence-corrected chi connectivity index (χ1v) is 19.1. The van der Waals surface area contributed by atoms with Crippen LogP contribution in [0.1, 0.15) is 22.3 Å². The van der Waals surface area contributed by atoms with Crippen LogP contribution in [0.5, 0.6) is 0 Å². The zero-order valence-corrected chi connectivity index (χ0v) is 32.6. The second-order valence-corrected chi connectivity index (χ2v) is 16.1. The van der Waals surface area contributed by atoms with Crippen LogP contribution in [0.2, 0.25) is 0 Å². The molecule has 0 amide bonds. The van der Waals surface area contributed by atoms with Gasteiger partial charge in [0.05, 0.1) is 0 Å². The third-order valence-electron chi connectivity index (χ3n) is 9.94. The maximum atomic E-state index is 14.9. The minimum atomic E-state index is -4.78. The first-order valence-electron chi connectivity index (χ1n) is 17.8. The highest BCUT2D eigenvalue weighted by molar-refractivity contribution is 7.97. The summed E-state index contributed by atoms with van der Waals surface area (Å²) in [6.45, 7) is 0. The molecule has 0 fully saturated rings. The Morgan fingerprint density at radius 3 is 0.606 bits per heavy atom. The van der Waals surface area contributed by atoms with Crippen molar-refractivity contribution in [3.05, 3.63) is 199 Å². The minimum Gasteiger partial charge on any atom is -0.203 e. The van der Waals surface area contributed by atoms with E-state index in [1.165, 1.54) is 24.3 Å². The summed E-state index contributed by atoms with van der Waals surface area (Å²) in [5, 5.41) is 0. The molecule has 0 spiro atoms. The van der Waals surface area contributed by atoms with Crippen molar-refractivity contribution in [2.75, 3.05) is 0 Å². The summed E-state index contributed by atoms with van der Waals surface area (Å²) in [7, 11) is -1.87. The predicted octanol–water partition coefficient (Wildman–Crippen LogP) is 13.6. The van der Waals surface area contributed by atoms with E-state index < -0.39 is 186 Å². The molecule has 0 aliphatic rings. The van der Waals surface area contributed by atoms with Crippen molar-refractivity contribution in [3.63, 3.8) is 0 Å². The average Bonchev–Trinajstić information content (AvgIpc) is 3.30.